The molecule has 3 aliphatic heterocycles. The Bertz CT molecular complexity index is 2670. The van der Waals surface area contributed by atoms with Crippen LogP contribution < -0.4 is 32.1 Å². The maximum absolute atomic E-state index is 14.1. The van der Waals surface area contributed by atoms with Crippen LogP contribution in [-0.2, 0) is 79.3 Å². The predicted octanol–water partition coefficient (Wildman–Crippen LogP) is 1.11. The number of halogens is 3. The number of carbonyl (C=O) groups is 8. The summed E-state index contributed by atoms with van der Waals surface area (Å²) in [6.07, 6.45) is -0.847. The molecule has 23 heteroatoms. The number of benzene rings is 1. The number of imide groups is 1. The average Bonchev–Trinajstić information content (AvgIpc) is 3.81. The quantitative estimate of drug-likeness (QED) is 0.0333. The molecule has 20 nitrogen and oxygen atoms in total. The number of hydrogen-bond donors (Lipinski definition) is 6. The van der Waals surface area contributed by atoms with E-state index in [0.717, 1.165) is 11.0 Å². The van der Waals surface area contributed by atoms with E-state index in [9.17, 15) is 61.4 Å². The van der Waals surface area contributed by atoms with E-state index in [-0.39, 0.29) is 83.3 Å². The third-order valence-corrected chi connectivity index (χ3v) is 12.0. The molecular weight excluding hydrogens is 902 g/mol. The molecule has 0 bridgehead atoms. The lowest BCUT2D eigenvalue weighted by Crippen LogP contribution is -2.54. The summed E-state index contributed by atoms with van der Waals surface area (Å²) in [6, 6.07) is 0.364. The van der Waals surface area contributed by atoms with Crippen LogP contribution in [0.4, 0.5) is 13.2 Å². The molecule has 0 fully saturated rings. The van der Waals surface area contributed by atoms with Gasteiger partial charge in [0.2, 0.25) is 29.5 Å². The Balaban J connectivity index is 0.987. The predicted molar refractivity (Wildman–Crippen MR) is 232 cm³/mol. The Morgan fingerprint density at radius 2 is 1.51 bits per heavy atom. The van der Waals surface area contributed by atoms with Crippen molar-refractivity contribution in [3.05, 3.63) is 74.1 Å². The average molecular weight is 953 g/mol. The van der Waals surface area contributed by atoms with Gasteiger partial charge in [-0.3, -0.25) is 43.3 Å². The molecule has 5 heterocycles. The molecule has 1 aromatic carbocycles. The molecule has 6 rings (SSSR count). The van der Waals surface area contributed by atoms with Crippen LogP contribution in [0.15, 0.2) is 35.1 Å². The second kappa shape index (κ2) is 20.5. The van der Waals surface area contributed by atoms with Gasteiger partial charge in [0, 0.05) is 48.2 Å². The van der Waals surface area contributed by atoms with Crippen LogP contribution in [0.2, 0.25) is 0 Å². The molecule has 2 aromatic heterocycles. The van der Waals surface area contributed by atoms with Crippen LogP contribution in [-0.4, -0.2) is 105 Å². The van der Waals surface area contributed by atoms with Gasteiger partial charge in [-0.15, -0.1) is 0 Å². The zero-order valence-electron chi connectivity index (χ0n) is 37.8. The number of pyridine rings is 2. The van der Waals surface area contributed by atoms with Crippen LogP contribution in [0, 0.1) is 6.92 Å². The summed E-state index contributed by atoms with van der Waals surface area (Å²) in [5, 5.41) is 24.0. The second-order valence-electron chi connectivity index (χ2n) is 16.7. The van der Waals surface area contributed by atoms with Crippen molar-refractivity contribution in [3.63, 3.8) is 0 Å². The van der Waals surface area contributed by atoms with Gasteiger partial charge >= 0.3 is 12.1 Å². The lowest BCUT2D eigenvalue weighted by molar-refractivity contribution is -0.172. The van der Waals surface area contributed by atoms with E-state index >= 15 is 0 Å². The summed E-state index contributed by atoms with van der Waals surface area (Å²) >= 11 is 0. The van der Waals surface area contributed by atoms with Gasteiger partial charge in [-0.2, -0.15) is 13.2 Å². The summed E-state index contributed by atoms with van der Waals surface area (Å²) in [7, 11) is 0. The van der Waals surface area contributed by atoms with Crippen molar-refractivity contribution < 1.29 is 66.1 Å². The van der Waals surface area contributed by atoms with E-state index in [1.54, 1.807) is 0 Å². The zero-order chi connectivity index (χ0) is 49.8. The molecule has 68 heavy (non-hydrogen) atoms. The maximum atomic E-state index is 14.1. The molecule has 3 aliphatic rings. The first-order valence-electron chi connectivity index (χ1n) is 21.8. The molecule has 0 unspecified atom stereocenters. The summed E-state index contributed by atoms with van der Waals surface area (Å²) < 4.78 is 53.9. The van der Waals surface area contributed by atoms with Gasteiger partial charge in [0.1, 0.15) is 38.1 Å². The molecule has 0 spiro atoms. The lowest BCUT2D eigenvalue weighted by atomic mass is 9.86. The van der Waals surface area contributed by atoms with Crippen molar-refractivity contribution in [2.75, 3.05) is 19.9 Å². The highest BCUT2D eigenvalue weighted by molar-refractivity contribution is 6.12. The van der Waals surface area contributed by atoms with E-state index in [4.69, 9.17) is 9.47 Å². The fraction of sp³-hybridized carbons (Fsp3) is 0.467. The van der Waals surface area contributed by atoms with Gasteiger partial charge in [0.25, 0.3) is 17.4 Å². The number of alkyl halides is 3. The summed E-state index contributed by atoms with van der Waals surface area (Å²) in [5.74, 6) is -4.88. The number of nitrogens with one attached hydrogen (secondary N) is 5. The highest BCUT2D eigenvalue weighted by Crippen LogP contribution is 2.42. The van der Waals surface area contributed by atoms with Gasteiger partial charge in [-0.05, 0) is 76.3 Å². The number of fused-ring (bicyclic) bond motifs is 5. The molecule has 364 valence electrons. The van der Waals surface area contributed by atoms with Crippen LogP contribution in [0.25, 0.3) is 22.3 Å². The minimum Gasteiger partial charge on any atom is -0.458 e. The Labute approximate surface area is 386 Å². The standard InChI is InChI=1S/C45H51F3N8O12/c1-6-44(66)31-16-33-38-28(18-56(33)42(64)29(31)19-68-43(44)65)27(26-14-22(2)30(45(46,47)48)15-32(26)54-38)17-49-35(58)20-67-21-50-39(61)23(3)52-41(63)25(5)53-40(62)24(4)51-34(57)10-8-7-9-13-55-36(59)11-12-37(55)60/h11-12,14-16,23-25,66H,6-10,13,17-21H2,1-5H3,(H,49,58)(H,50,61)(H,51,57)(H,52,63)(H,53,62)/t23-,24-,25-,44-/m0/s1. The van der Waals surface area contributed by atoms with E-state index in [0.29, 0.717) is 30.4 Å². The van der Waals surface area contributed by atoms with Crippen molar-refractivity contribution in [1.82, 2.24) is 41.0 Å². The minimum atomic E-state index is -4.72. The van der Waals surface area contributed by atoms with Gasteiger partial charge in [-0.25, -0.2) is 9.78 Å². The van der Waals surface area contributed by atoms with Gasteiger partial charge in [0.05, 0.1) is 34.6 Å². The number of ether oxygens (including phenoxy) is 2. The number of carbonyl (C=O) groups excluding carboxylic acids is 8. The van der Waals surface area contributed by atoms with E-state index < -0.39 is 96.5 Å². The largest absolute Gasteiger partial charge is 0.458 e. The molecule has 7 amide bonds. The number of aryl methyl sites for hydroxylation is 1. The molecule has 4 atom stereocenters. The van der Waals surface area contributed by atoms with Crippen molar-refractivity contribution >= 4 is 58.2 Å². The lowest BCUT2D eigenvalue weighted by Gasteiger charge is -2.31. The Morgan fingerprint density at radius 1 is 0.868 bits per heavy atom. The second-order valence-corrected chi connectivity index (χ2v) is 16.7. The molecular formula is C45H51F3N8O12. The normalized spacial score (nSPS) is 17.4. The summed E-state index contributed by atoms with van der Waals surface area (Å²) in [5.41, 5.74) is -2.77. The van der Waals surface area contributed by atoms with Crippen LogP contribution in [0.3, 0.4) is 0 Å². The molecule has 6 N–H and O–H groups in total. The van der Waals surface area contributed by atoms with Crippen molar-refractivity contribution in [2.24, 2.45) is 0 Å². The number of nitrogens with zero attached hydrogens (tertiary/aromatic N) is 3. The maximum Gasteiger partial charge on any atom is 0.416 e. The summed E-state index contributed by atoms with van der Waals surface area (Å²) in [4.78, 5) is 119. The molecule has 3 aromatic rings. The first-order valence-corrected chi connectivity index (χ1v) is 21.8. The number of unbranched alkanes of at least 4 members (excludes halogenated alkanes) is 2. The van der Waals surface area contributed by atoms with E-state index in [1.807, 2.05) is 0 Å². The van der Waals surface area contributed by atoms with Gasteiger partial charge in [-0.1, -0.05) is 13.3 Å². The van der Waals surface area contributed by atoms with Crippen molar-refractivity contribution in [2.45, 2.75) is 116 Å². The molecule has 0 saturated heterocycles. The minimum absolute atomic E-state index is 0.0137. The Morgan fingerprint density at radius 3 is 2.16 bits per heavy atom. The van der Waals surface area contributed by atoms with Gasteiger partial charge in [0.15, 0.2) is 5.60 Å². The van der Waals surface area contributed by atoms with Crippen LogP contribution in [0.5, 0.6) is 0 Å². The van der Waals surface area contributed by atoms with Crippen molar-refractivity contribution in [3.8, 4) is 11.4 Å². The van der Waals surface area contributed by atoms with E-state index in [1.165, 1.54) is 63.5 Å². The zero-order valence-corrected chi connectivity index (χ0v) is 37.8. The molecule has 0 radical (unpaired) electrons. The molecule has 0 aliphatic carbocycles. The summed E-state index contributed by atoms with van der Waals surface area (Å²) in [6.45, 7) is 5.42. The monoisotopic (exact) mass is 952 g/mol. The third-order valence-electron chi connectivity index (χ3n) is 12.0. The smallest absolute Gasteiger partial charge is 0.416 e. The Hall–Kier alpha value is -7.01. The third kappa shape index (κ3) is 10.7. The number of hydrogen-bond acceptors (Lipinski definition) is 13. The highest BCUT2D eigenvalue weighted by atomic mass is 19.4. The number of cyclic esters (lactones) is 1. The number of esters is 1. The topological polar surface area (TPSA) is 274 Å². The Kier molecular flexibility index (Phi) is 15.2. The van der Waals surface area contributed by atoms with E-state index in [2.05, 4.69) is 31.6 Å². The SMILES string of the molecule is CC[C@@]1(O)C(=O)OCc2c1cc1n(c2=O)Cc2c-1nc1cc(C(F)(F)F)c(C)cc1c2CNC(=O)COCNC(=O)[C@H](C)NC(=O)[C@H](C)NC(=O)[C@H](C)NC(=O)CCCCCN1C(=O)C=CC1=O. The molecule has 0 saturated carbocycles. The highest BCUT2D eigenvalue weighted by Gasteiger charge is 2.46. The van der Waals surface area contributed by atoms with Crippen molar-refractivity contribution in [1.29, 1.82) is 0 Å². The number of amides is 7. The van der Waals surface area contributed by atoms with Crippen LogP contribution >= 0.6 is 0 Å². The fourth-order valence-electron chi connectivity index (χ4n) is 8.05. The van der Waals surface area contributed by atoms with Gasteiger partial charge < -0.3 is 45.7 Å². The first kappa shape index (κ1) is 50.4. The number of rotatable bonds is 19. The number of aliphatic hydroxyl groups is 1. The fourth-order valence-corrected chi connectivity index (χ4v) is 8.05. The number of aromatic nitrogens is 2. The first-order chi connectivity index (χ1) is 32.0. The van der Waals surface area contributed by atoms with Crippen LogP contribution in [0.1, 0.15) is 93.2 Å².